The summed E-state index contributed by atoms with van der Waals surface area (Å²) >= 11 is 0. The Balaban J connectivity index is 1.79. The van der Waals surface area contributed by atoms with E-state index in [0.29, 0.717) is 6.04 Å². The fraction of sp³-hybridized carbons (Fsp3) is 0.393. The molecule has 0 saturated carbocycles. The van der Waals surface area contributed by atoms with Crippen LogP contribution in [0.3, 0.4) is 0 Å². The Bertz CT molecular complexity index is 1190. The van der Waals surface area contributed by atoms with E-state index in [0.717, 1.165) is 76.1 Å². The number of allylic oxidation sites excluding steroid dienone is 1. The molecule has 1 unspecified atom stereocenters. The number of hydrogen-bond acceptors (Lipinski definition) is 4. The minimum absolute atomic E-state index is 0.0825. The van der Waals surface area contributed by atoms with Gasteiger partial charge in [0.05, 0.1) is 20.5 Å². The summed E-state index contributed by atoms with van der Waals surface area (Å²) in [5.74, 6) is 1.61. The first-order chi connectivity index (χ1) is 16.0. The van der Waals surface area contributed by atoms with Crippen LogP contribution in [-0.4, -0.2) is 37.6 Å². The van der Waals surface area contributed by atoms with Gasteiger partial charge in [-0.25, -0.2) is 0 Å². The molecule has 4 rings (SSSR count). The maximum atomic E-state index is 13.2. The Morgan fingerprint density at radius 3 is 2.76 bits per heavy atom. The lowest BCUT2D eigenvalue weighted by molar-refractivity contribution is -0.129. The fourth-order valence-corrected chi connectivity index (χ4v) is 4.95. The van der Waals surface area contributed by atoms with E-state index >= 15 is 0 Å². The molecule has 2 heterocycles. The van der Waals surface area contributed by atoms with E-state index in [-0.39, 0.29) is 5.91 Å². The topological polar surface area (TPSA) is 51.9 Å². The molecular formula is C28H33NO4. The number of likely N-dealkylation sites (tertiary alicyclic amines) is 1. The monoisotopic (exact) mass is 447 g/mol. The number of ether oxygens (including phenoxy) is 2. The van der Waals surface area contributed by atoms with Crippen LogP contribution in [-0.2, 0) is 4.79 Å². The van der Waals surface area contributed by atoms with Gasteiger partial charge >= 0.3 is 0 Å². The molecule has 0 bridgehead atoms. The quantitative estimate of drug-likeness (QED) is 0.399. The number of fused-ring (bicyclic) bond motifs is 1. The van der Waals surface area contributed by atoms with Gasteiger partial charge in [-0.2, -0.15) is 0 Å². The minimum Gasteiger partial charge on any atom is -0.497 e. The van der Waals surface area contributed by atoms with Crippen molar-refractivity contribution in [1.29, 1.82) is 0 Å². The largest absolute Gasteiger partial charge is 0.497 e. The number of benzene rings is 2. The molecule has 5 heteroatoms. The lowest BCUT2D eigenvalue weighted by Crippen LogP contribution is -2.42. The zero-order valence-corrected chi connectivity index (χ0v) is 20.2. The Morgan fingerprint density at radius 1 is 1.21 bits per heavy atom. The standard InChI is InChI=1S/C28H33NO4/c1-6-21-11-7-8-13-29(21)26(30)14-18(2)23-16-24-25(20-10-9-12-22(15-20)31-4)17-33-28(24)19(3)27(23)32-5/h9-10,12,14-17,21H,6-8,11,13H2,1-5H3/b18-14+. The van der Waals surface area contributed by atoms with Crippen LogP contribution in [0.5, 0.6) is 11.5 Å². The summed E-state index contributed by atoms with van der Waals surface area (Å²) in [4.78, 5) is 15.2. The molecule has 1 aliphatic heterocycles. The molecule has 2 aromatic carbocycles. The number of carbonyl (C=O) groups excluding carboxylic acids is 1. The first-order valence-electron chi connectivity index (χ1n) is 11.7. The van der Waals surface area contributed by atoms with Crippen molar-refractivity contribution < 1.29 is 18.7 Å². The Hall–Kier alpha value is -3.21. The maximum Gasteiger partial charge on any atom is 0.247 e. The Labute approximate surface area is 196 Å². The van der Waals surface area contributed by atoms with E-state index in [1.54, 1.807) is 26.6 Å². The number of hydrogen-bond donors (Lipinski definition) is 0. The average molecular weight is 448 g/mol. The SMILES string of the molecule is CCC1CCCCN1C(=O)/C=C(\C)c1cc2c(-c3cccc(OC)c3)coc2c(C)c1OC. The van der Waals surface area contributed by atoms with E-state index in [1.807, 2.05) is 43.0 Å². The van der Waals surface area contributed by atoms with Gasteiger partial charge < -0.3 is 18.8 Å². The zero-order chi connectivity index (χ0) is 23.5. The maximum absolute atomic E-state index is 13.2. The first-order valence-corrected chi connectivity index (χ1v) is 11.7. The van der Waals surface area contributed by atoms with Gasteiger partial charge in [0.25, 0.3) is 0 Å². The number of carbonyl (C=O) groups is 1. The van der Waals surface area contributed by atoms with Crippen molar-refractivity contribution in [2.24, 2.45) is 0 Å². The highest BCUT2D eigenvalue weighted by Crippen LogP contribution is 2.41. The van der Waals surface area contributed by atoms with Crippen LogP contribution < -0.4 is 9.47 Å². The third kappa shape index (κ3) is 4.37. The van der Waals surface area contributed by atoms with Gasteiger partial charge in [-0.3, -0.25) is 4.79 Å². The zero-order valence-electron chi connectivity index (χ0n) is 20.2. The van der Waals surface area contributed by atoms with Crippen LogP contribution in [0, 0.1) is 6.92 Å². The van der Waals surface area contributed by atoms with Crippen molar-refractivity contribution in [3.8, 4) is 22.6 Å². The molecule has 1 aromatic heterocycles. The van der Waals surface area contributed by atoms with Crippen LogP contribution >= 0.6 is 0 Å². The number of nitrogens with zero attached hydrogens (tertiary/aromatic N) is 1. The molecule has 1 aliphatic rings. The second-order valence-corrected chi connectivity index (χ2v) is 8.76. The summed E-state index contributed by atoms with van der Waals surface area (Å²) in [6, 6.07) is 10.3. The van der Waals surface area contributed by atoms with Gasteiger partial charge in [-0.05, 0) is 68.9 Å². The smallest absolute Gasteiger partial charge is 0.247 e. The van der Waals surface area contributed by atoms with Crippen LogP contribution in [0.1, 0.15) is 50.7 Å². The summed E-state index contributed by atoms with van der Waals surface area (Å²) in [6.07, 6.45) is 7.89. The lowest BCUT2D eigenvalue weighted by Gasteiger charge is -2.34. The van der Waals surface area contributed by atoms with Gasteiger partial charge in [-0.15, -0.1) is 0 Å². The summed E-state index contributed by atoms with van der Waals surface area (Å²) in [5, 5.41) is 0.987. The van der Waals surface area contributed by atoms with Crippen molar-refractivity contribution in [2.75, 3.05) is 20.8 Å². The van der Waals surface area contributed by atoms with Gasteiger partial charge in [0.15, 0.2) is 0 Å². The second kappa shape index (κ2) is 9.74. The molecule has 174 valence electrons. The molecule has 1 amide bonds. The third-order valence-corrected chi connectivity index (χ3v) is 6.78. The van der Waals surface area contributed by atoms with Crippen LogP contribution in [0.15, 0.2) is 47.1 Å². The highest BCUT2D eigenvalue weighted by atomic mass is 16.5. The molecule has 1 saturated heterocycles. The average Bonchev–Trinajstić information content (AvgIpc) is 3.28. The predicted octanol–water partition coefficient (Wildman–Crippen LogP) is 6.62. The number of furan rings is 1. The van der Waals surface area contributed by atoms with Crippen molar-refractivity contribution in [1.82, 2.24) is 4.90 Å². The van der Waals surface area contributed by atoms with E-state index in [4.69, 9.17) is 13.9 Å². The van der Waals surface area contributed by atoms with Gasteiger partial charge in [0, 0.05) is 40.7 Å². The first kappa shape index (κ1) is 23.0. The van der Waals surface area contributed by atoms with E-state index < -0.39 is 0 Å². The summed E-state index contributed by atoms with van der Waals surface area (Å²) < 4.78 is 17.2. The molecule has 1 atom stereocenters. The minimum atomic E-state index is 0.0825. The molecular weight excluding hydrogens is 414 g/mol. The second-order valence-electron chi connectivity index (χ2n) is 8.76. The number of aryl methyl sites for hydroxylation is 1. The van der Waals surface area contributed by atoms with Crippen molar-refractivity contribution >= 4 is 22.4 Å². The lowest BCUT2D eigenvalue weighted by atomic mass is 9.95. The molecule has 0 spiro atoms. The number of piperidine rings is 1. The third-order valence-electron chi connectivity index (χ3n) is 6.78. The molecule has 5 nitrogen and oxygen atoms in total. The molecule has 1 fully saturated rings. The van der Waals surface area contributed by atoms with E-state index in [1.165, 1.54) is 6.42 Å². The number of rotatable bonds is 6. The fourth-order valence-electron chi connectivity index (χ4n) is 4.95. The van der Waals surface area contributed by atoms with Crippen molar-refractivity contribution in [3.63, 3.8) is 0 Å². The van der Waals surface area contributed by atoms with Crippen LogP contribution in [0.4, 0.5) is 0 Å². The Morgan fingerprint density at radius 2 is 2.03 bits per heavy atom. The Kier molecular flexibility index (Phi) is 6.77. The van der Waals surface area contributed by atoms with Crippen molar-refractivity contribution in [2.45, 2.75) is 52.5 Å². The van der Waals surface area contributed by atoms with Gasteiger partial charge in [-0.1, -0.05) is 19.1 Å². The molecule has 3 aromatic rings. The highest BCUT2D eigenvalue weighted by molar-refractivity contribution is 6.01. The van der Waals surface area contributed by atoms with Crippen LogP contribution in [0.2, 0.25) is 0 Å². The molecule has 33 heavy (non-hydrogen) atoms. The normalized spacial score (nSPS) is 16.8. The van der Waals surface area contributed by atoms with Gasteiger partial charge in [0.2, 0.25) is 5.91 Å². The summed E-state index contributed by atoms with van der Waals surface area (Å²) in [7, 11) is 3.33. The molecule has 0 radical (unpaired) electrons. The predicted molar refractivity (Wildman–Crippen MR) is 133 cm³/mol. The van der Waals surface area contributed by atoms with Gasteiger partial charge in [0.1, 0.15) is 17.1 Å². The van der Waals surface area contributed by atoms with E-state index in [9.17, 15) is 4.79 Å². The molecule has 0 N–H and O–H groups in total. The summed E-state index contributed by atoms with van der Waals surface area (Å²) in [6.45, 7) is 6.97. The van der Waals surface area contributed by atoms with Crippen LogP contribution in [0.25, 0.3) is 27.7 Å². The molecule has 0 aliphatic carbocycles. The highest BCUT2D eigenvalue weighted by Gasteiger charge is 2.25. The van der Waals surface area contributed by atoms with E-state index in [2.05, 4.69) is 13.0 Å². The number of methoxy groups -OCH3 is 2. The van der Waals surface area contributed by atoms with Crippen molar-refractivity contribution in [3.05, 3.63) is 53.8 Å². The summed E-state index contributed by atoms with van der Waals surface area (Å²) in [5.41, 5.74) is 5.50. The number of amides is 1.